The number of nitrogens with zero attached hydrogens (tertiary/aromatic N) is 1. The highest BCUT2D eigenvalue weighted by atomic mass is 16.5. The zero-order chi connectivity index (χ0) is 18.5. The third-order valence-corrected chi connectivity index (χ3v) is 5.22. The second kappa shape index (κ2) is 5.97. The Morgan fingerprint density at radius 1 is 1.33 bits per heavy atom. The van der Waals surface area contributed by atoms with E-state index >= 15 is 0 Å². The summed E-state index contributed by atoms with van der Waals surface area (Å²) in [5.74, 6) is 2.26. The topological polar surface area (TPSA) is 86.8 Å². The Kier molecular flexibility index (Phi) is 3.56. The molecule has 2 aromatic rings. The van der Waals surface area contributed by atoms with Crippen LogP contribution in [0.15, 0.2) is 30.5 Å². The summed E-state index contributed by atoms with van der Waals surface area (Å²) in [7, 11) is 0. The van der Waals surface area contributed by atoms with Crippen molar-refractivity contribution in [3.8, 4) is 17.2 Å². The van der Waals surface area contributed by atoms with E-state index in [-0.39, 0.29) is 29.8 Å². The van der Waals surface area contributed by atoms with E-state index in [1.54, 1.807) is 19.2 Å². The van der Waals surface area contributed by atoms with Gasteiger partial charge in [-0.2, -0.15) is 0 Å². The van der Waals surface area contributed by atoms with E-state index in [1.807, 2.05) is 18.2 Å². The van der Waals surface area contributed by atoms with Gasteiger partial charge < -0.3 is 19.5 Å². The number of nitrogens with one attached hydrogen (secondary N) is 1. The Labute approximate surface area is 155 Å². The lowest BCUT2D eigenvalue weighted by molar-refractivity contribution is -0.145. The van der Waals surface area contributed by atoms with Gasteiger partial charge in [-0.3, -0.25) is 9.59 Å². The summed E-state index contributed by atoms with van der Waals surface area (Å²) in [6, 6.07) is 7.43. The lowest BCUT2D eigenvalue weighted by Crippen LogP contribution is -2.20. The molecule has 1 unspecified atom stereocenters. The number of pyridine rings is 1. The fraction of sp³-hybridized carbons (Fsp3) is 0.350. The molecule has 7 nitrogen and oxygen atoms in total. The molecule has 1 fully saturated rings. The van der Waals surface area contributed by atoms with Crippen molar-refractivity contribution >= 4 is 17.7 Å². The number of rotatable bonds is 4. The number of carbonyl (C=O) groups excluding carboxylic acids is 2. The summed E-state index contributed by atoms with van der Waals surface area (Å²) < 4.78 is 17.1. The van der Waals surface area contributed by atoms with Crippen molar-refractivity contribution in [3.63, 3.8) is 0 Å². The van der Waals surface area contributed by atoms with Gasteiger partial charge in [-0.25, -0.2) is 4.98 Å². The molecule has 5 rings (SSSR count). The third-order valence-electron chi connectivity index (χ3n) is 5.22. The predicted octanol–water partition coefficient (Wildman–Crippen LogP) is 2.80. The lowest BCUT2D eigenvalue weighted by Gasteiger charge is -2.19. The largest absolute Gasteiger partial charge is 0.489 e. The van der Waals surface area contributed by atoms with Crippen LogP contribution in [0, 0.1) is 5.92 Å². The van der Waals surface area contributed by atoms with Crippen molar-refractivity contribution in [1.82, 2.24) is 4.98 Å². The number of amides is 1. The van der Waals surface area contributed by atoms with Crippen molar-refractivity contribution in [2.75, 3.05) is 11.9 Å². The summed E-state index contributed by atoms with van der Waals surface area (Å²) in [5.41, 5.74) is 1.87. The van der Waals surface area contributed by atoms with Gasteiger partial charge in [0.2, 0.25) is 5.91 Å². The predicted molar refractivity (Wildman–Crippen MR) is 95.0 cm³/mol. The molecule has 138 valence electrons. The van der Waals surface area contributed by atoms with Crippen LogP contribution in [0.25, 0.3) is 0 Å². The summed E-state index contributed by atoms with van der Waals surface area (Å²) >= 11 is 0. The van der Waals surface area contributed by atoms with Gasteiger partial charge in [0.15, 0.2) is 0 Å². The van der Waals surface area contributed by atoms with Gasteiger partial charge in [-0.05, 0) is 37.6 Å². The van der Waals surface area contributed by atoms with Crippen LogP contribution in [-0.2, 0) is 20.7 Å². The SMILES string of the molecule is CCOC(=O)[C@H]1C2c3cc(Oc4ccnc5c4CCC(=O)N5)ccc3O[C@@H]21. The highest BCUT2D eigenvalue weighted by Gasteiger charge is 2.63. The van der Waals surface area contributed by atoms with Crippen molar-refractivity contribution in [1.29, 1.82) is 0 Å². The molecule has 1 aromatic heterocycles. The highest BCUT2D eigenvalue weighted by molar-refractivity contribution is 5.93. The molecule has 1 saturated carbocycles. The molecule has 2 aliphatic heterocycles. The molecule has 7 heteroatoms. The standard InChI is InChI=1S/C20H18N2O5/c1-2-25-20(24)17-16-12-9-10(3-5-13(12)27-18(16)17)26-14-7-8-21-19-11(14)4-6-15(23)22-19/h3,5,7-9,16-18H,2,4,6H2,1H3,(H,21,22,23)/t16?,17-,18-/m0/s1. The zero-order valence-electron chi connectivity index (χ0n) is 14.7. The zero-order valence-corrected chi connectivity index (χ0v) is 14.7. The van der Waals surface area contributed by atoms with Crippen molar-refractivity contribution in [3.05, 3.63) is 41.6 Å². The molecule has 27 heavy (non-hydrogen) atoms. The van der Waals surface area contributed by atoms with Gasteiger partial charge in [-0.15, -0.1) is 0 Å². The van der Waals surface area contributed by atoms with Crippen LogP contribution in [-0.4, -0.2) is 29.6 Å². The van der Waals surface area contributed by atoms with Gasteiger partial charge in [0.05, 0.1) is 6.61 Å². The minimum absolute atomic E-state index is 0.0354. The smallest absolute Gasteiger partial charge is 0.313 e. The van der Waals surface area contributed by atoms with Crippen LogP contribution in [0.2, 0.25) is 0 Å². The summed E-state index contributed by atoms with van der Waals surface area (Å²) in [5, 5.41) is 2.77. The van der Waals surface area contributed by atoms with Gasteiger partial charge in [0.1, 0.15) is 35.1 Å². The number of ether oxygens (including phenoxy) is 3. The third kappa shape index (κ3) is 2.61. The lowest BCUT2D eigenvalue weighted by atomic mass is 10.1. The van der Waals surface area contributed by atoms with Crippen molar-refractivity contribution in [2.45, 2.75) is 31.8 Å². The van der Waals surface area contributed by atoms with Gasteiger partial charge >= 0.3 is 5.97 Å². The van der Waals surface area contributed by atoms with Crippen LogP contribution in [0.3, 0.4) is 0 Å². The molecule has 0 radical (unpaired) electrons. The molecule has 3 heterocycles. The Balaban J connectivity index is 1.39. The maximum atomic E-state index is 12.0. The summed E-state index contributed by atoms with van der Waals surface area (Å²) in [4.78, 5) is 27.8. The Hall–Kier alpha value is -3.09. The van der Waals surface area contributed by atoms with Crippen LogP contribution < -0.4 is 14.8 Å². The molecule has 1 aromatic carbocycles. The number of benzene rings is 1. The number of hydrogen-bond acceptors (Lipinski definition) is 6. The first kappa shape index (κ1) is 16.1. The number of esters is 1. The summed E-state index contributed by atoms with van der Waals surface area (Å²) in [6.07, 6.45) is 2.49. The number of aromatic nitrogens is 1. The monoisotopic (exact) mass is 366 g/mol. The maximum absolute atomic E-state index is 12.0. The molecule has 1 amide bonds. The van der Waals surface area contributed by atoms with Crippen molar-refractivity contribution < 1.29 is 23.8 Å². The molecule has 3 atom stereocenters. The van der Waals surface area contributed by atoms with E-state index in [4.69, 9.17) is 14.2 Å². The van der Waals surface area contributed by atoms with Gasteiger partial charge in [0, 0.05) is 29.7 Å². The average molecular weight is 366 g/mol. The normalized spacial score (nSPS) is 24.0. The minimum Gasteiger partial charge on any atom is -0.489 e. The van der Waals surface area contributed by atoms with Crippen LogP contribution in [0.4, 0.5) is 5.82 Å². The van der Waals surface area contributed by atoms with E-state index in [9.17, 15) is 9.59 Å². The van der Waals surface area contributed by atoms with Crippen LogP contribution in [0.1, 0.15) is 30.4 Å². The molecule has 0 bridgehead atoms. The quantitative estimate of drug-likeness (QED) is 0.838. The first-order valence-corrected chi connectivity index (χ1v) is 9.08. The second-order valence-electron chi connectivity index (χ2n) is 6.87. The molecule has 1 N–H and O–H groups in total. The minimum atomic E-state index is -0.225. The highest BCUT2D eigenvalue weighted by Crippen LogP contribution is 2.59. The number of anilines is 1. The van der Waals surface area contributed by atoms with Gasteiger partial charge in [-0.1, -0.05) is 0 Å². The van der Waals surface area contributed by atoms with E-state index < -0.39 is 0 Å². The Bertz CT molecular complexity index is 957. The van der Waals surface area contributed by atoms with Crippen molar-refractivity contribution in [2.24, 2.45) is 5.92 Å². The number of hydrogen-bond donors (Lipinski definition) is 1. The Morgan fingerprint density at radius 3 is 3.07 bits per heavy atom. The fourth-order valence-corrected chi connectivity index (χ4v) is 3.90. The van der Waals surface area contributed by atoms with E-state index in [1.165, 1.54) is 0 Å². The fourth-order valence-electron chi connectivity index (χ4n) is 3.90. The average Bonchev–Trinajstić information content (AvgIpc) is 3.25. The van der Waals surface area contributed by atoms with E-state index in [0.717, 1.165) is 16.9 Å². The summed E-state index contributed by atoms with van der Waals surface area (Å²) in [6.45, 7) is 2.17. The first-order valence-electron chi connectivity index (χ1n) is 9.08. The van der Waals surface area contributed by atoms with E-state index in [0.29, 0.717) is 36.8 Å². The number of fused-ring (bicyclic) bond motifs is 4. The second-order valence-corrected chi connectivity index (χ2v) is 6.87. The molecular weight excluding hydrogens is 348 g/mol. The van der Waals surface area contributed by atoms with Crippen LogP contribution >= 0.6 is 0 Å². The maximum Gasteiger partial charge on any atom is 0.313 e. The first-order chi connectivity index (χ1) is 13.2. The molecule has 1 aliphatic carbocycles. The van der Waals surface area contributed by atoms with Gasteiger partial charge in [0.25, 0.3) is 0 Å². The molecular formula is C20H18N2O5. The molecule has 0 spiro atoms. The Morgan fingerprint density at radius 2 is 2.22 bits per heavy atom. The van der Waals surface area contributed by atoms with E-state index in [2.05, 4.69) is 10.3 Å². The molecule has 3 aliphatic rings. The van der Waals surface area contributed by atoms with Crippen LogP contribution in [0.5, 0.6) is 17.2 Å². The number of carbonyl (C=O) groups is 2. The molecule has 0 saturated heterocycles.